The van der Waals surface area contributed by atoms with Crippen molar-refractivity contribution < 1.29 is 8.83 Å². The maximum atomic E-state index is 7.22. The van der Waals surface area contributed by atoms with Gasteiger partial charge in [-0.2, -0.15) is 0 Å². The highest BCUT2D eigenvalue weighted by molar-refractivity contribution is 6.21. The molecule has 69 heavy (non-hydrogen) atoms. The third-order valence-corrected chi connectivity index (χ3v) is 13.5. The van der Waals surface area contributed by atoms with Crippen molar-refractivity contribution in [1.29, 1.82) is 0 Å². The van der Waals surface area contributed by atoms with Crippen molar-refractivity contribution in [2.45, 2.75) is 0 Å². The molecule has 0 fully saturated rings. The molecule has 4 aromatic heterocycles. The van der Waals surface area contributed by atoms with E-state index in [1.807, 2.05) is 54.6 Å². The van der Waals surface area contributed by atoms with Gasteiger partial charge in [-0.1, -0.05) is 194 Å². The third kappa shape index (κ3) is 6.30. The summed E-state index contributed by atoms with van der Waals surface area (Å²) < 4.78 is 16.3. The molecule has 0 amide bonds. The fourth-order valence-corrected chi connectivity index (χ4v) is 10.3. The standard InChI is InChI=1S/C63H38N4O2/c1-4-16-39(17-5-1)41-32-34-43(35-33-41)62-64-61(42-20-8-3-9-21-42)65-63(66-62)50-27-15-31-56-58(50)57-46(23-14-30-55(57)68-56)47-24-12-25-48-49-26-13-29-54(60(49)69-59(47)48)67-52-28-11-10-22-45(52)51-38-44(36-37-53(51)67)40-18-6-2-7-19-40/h1-38H. The molecule has 0 spiro atoms. The molecule has 322 valence electrons. The predicted molar refractivity (Wildman–Crippen MR) is 281 cm³/mol. The lowest BCUT2D eigenvalue weighted by Crippen LogP contribution is -2.00. The summed E-state index contributed by atoms with van der Waals surface area (Å²) in [6.07, 6.45) is 0. The lowest BCUT2D eigenvalue weighted by Gasteiger charge is -2.10. The molecule has 10 aromatic carbocycles. The fourth-order valence-electron chi connectivity index (χ4n) is 10.3. The number of fused-ring (bicyclic) bond motifs is 9. The Kier molecular flexibility index (Phi) is 8.79. The van der Waals surface area contributed by atoms with E-state index >= 15 is 0 Å². The van der Waals surface area contributed by atoms with Crippen molar-refractivity contribution in [2.75, 3.05) is 0 Å². The largest absolute Gasteiger partial charge is 0.456 e. The van der Waals surface area contributed by atoms with E-state index < -0.39 is 0 Å². The van der Waals surface area contributed by atoms with Crippen LogP contribution in [0.1, 0.15) is 0 Å². The van der Waals surface area contributed by atoms with Crippen LogP contribution >= 0.6 is 0 Å². The van der Waals surface area contributed by atoms with E-state index in [1.165, 1.54) is 21.9 Å². The summed E-state index contributed by atoms with van der Waals surface area (Å²) in [6, 6.07) is 80.2. The van der Waals surface area contributed by atoms with Crippen molar-refractivity contribution in [1.82, 2.24) is 19.5 Å². The molecule has 0 aliphatic heterocycles. The van der Waals surface area contributed by atoms with E-state index in [0.29, 0.717) is 17.5 Å². The highest BCUT2D eigenvalue weighted by Crippen LogP contribution is 2.46. The monoisotopic (exact) mass is 882 g/mol. The highest BCUT2D eigenvalue weighted by atomic mass is 16.3. The molecule has 0 saturated heterocycles. The first-order valence-electron chi connectivity index (χ1n) is 23.2. The predicted octanol–water partition coefficient (Wildman–Crippen LogP) is 16.8. The number of para-hydroxylation sites is 3. The summed E-state index contributed by atoms with van der Waals surface area (Å²) in [6.45, 7) is 0. The van der Waals surface area contributed by atoms with Gasteiger partial charge in [0.05, 0.1) is 16.7 Å². The minimum Gasteiger partial charge on any atom is -0.456 e. The van der Waals surface area contributed by atoms with Crippen molar-refractivity contribution in [3.63, 3.8) is 0 Å². The van der Waals surface area contributed by atoms with E-state index in [9.17, 15) is 0 Å². The van der Waals surface area contributed by atoms with Crippen molar-refractivity contribution >= 4 is 65.7 Å². The molecule has 14 rings (SSSR count). The van der Waals surface area contributed by atoms with E-state index in [0.717, 1.165) is 99.5 Å². The van der Waals surface area contributed by atoms with Crippen LogP contribution in [0.15, 0.2) is 239 Å². The van der Waals surface area contributed by atoms with Crippen LogP contribution < -0.4 is 0 Å². The number of hydrogen-bond donors (Lipinski definition) is 0. The zero-order chi connectivity index (χ0) is 45.4. The molecule has 6 heteroatoms. The quantitative estimate of drug-likeness (QED) is 0.159. The fraction of sp³-hybridized carbons (Fsp3) is 0. The van der Waals surface area contributed by atoms with Crippen LogP contribution in [0.3, 0.4) is 0 Å². The smallest absolute Gasteiger partial charge is 0.164 e. The topological polar surface area (TPSA) is 69.9 Å². The summed E-state index contributed by atoms with van der Waals surface area (Å²) in [5, 5.41) is 6.35. The number of aromatic nitrogens is 4. The van der Waals surface area contributed by atoms with E-state index in [2.05, 4.69) is 180 Å². The first-order valence-corrected chi connectivity index (χ1v) is 23.2. The molecule has 6 nitrogen and oxygen atoms in total. The van der Waals surface area contributed by atoms with Gasteiger partial charge in [-0.25, -0.2) is 15.0 Å². The molecule has 0 saturated carbocycles. The van der Waals surface area contributed by atoms with Gasteiger partial charge in [-0.15, -0.1) is 0 Å². The molecule has 0 atom stereocenters. The molecular weight excluding hydrogens is 845 g/mol. The Morgan fingerprint density at radius 2 is 0.768 bits per heavy atom. The number of rotatable bonds is 7. The Bertz CT molecular complexity index is 4290. The van der Waals surface area contributed by atoms with Gasteiger partial charge in [-0.3, -0.25) is 0 Å². The van der Waals surface area contributed by atoms with E-state index in [-0.39, 0.29) is 0 Å². The summed E-state index contributed by atoms with van der Waals surface area (Å²) in [7, 11) is 0. The highest BCUT2D eigenvalue weighted by Gasteiger charge is 2.24. The van der Waals surface area contributed by atoms with E-state index in [1.54, 1.807) is 0 Å². The number of nitrogens with zero attached hydrogens (tertiary/aromatic N) is 4. The van der Waals surface area contributed by atoms with Crippen LogP contribution in [0.4, 0.5) is 0 Å². The lowest BCUT2D eigenvalue weighted by atomic mass is 9.95. The molecule has 0 unspecified atom stereocenters. The Balaban J connectivity index is 0.955. The lowest BCUT2D eigenvalue weighted by molar-refractivity contribution is 0.667. The maximum absolute atomic E-state index is 7.22. The third-order valence-electron chi connectivity index (χ3n) is 13.5. The van der Waals surface area contributed by atoms with Crippen molar-refractivity contribution in [3.05, 3.63) is 231 Å². The molecule has 0 aliphatic rings. The number of benzene rings is 10. The normalized spacial score (nSPS) is 11.8. The molecule has 4 heterocycles. The van der Waals surface area contributed by atoms with Gasteiger partial charge in [-0.05, 0) is 64.2 Å². The zero-order valence-electron chi connectivity index (χ0n) is 37.0. The number of hydrogen-bond acceptors (Lipinski definition) is 5. The molecule has 0 aliphatic carbocycles. The van der Waals surface area contributed by atoms with Gasteiger partial charge in [0.25, 0.3) is 0 Å². The second-order valence-corrected chi connectivity index (χ2v) is 17.5. The summed E-state index contributed by atoms with van der Waals surface area (Å²) >= 11 is 0. The Hall–Kier alpha value is -9.39. The average Bonchev–Trinajstić information content (AvgIpc) is 4.11. The van der Waals surface area contributed by atoms with Gasteiger partial charge >= 0.3 is 0 Å². The molecule has 0 N–H and O–H groups in total. The minimum absolute atomic E-state index is 0.558. The Labute approximate surface area is 396 Å². The Morgan fingerprint density at radius 1 is 0.290 bits per heavy atom. The van der Waals surface area contributed by atoms with E-state index in [4.69, 9.17) is 23.8 Å². The molecule has 0 radical (unpaired) electrons. The summed E-state index contributed by atoms with van der Waals surface area (Å²) in [4.78, 5) is 15.5. The summed E-state index contributed by atoms with van der Waals surface area (Å²) in [5.74, 6) is 1.74. The van der Waals surface area contributed by atoms with Crippen LogP contribution in [0.25, 0.3) is 139 Å². The number of furan rings is 2. The molecule has 14 aromatic rings. The van der Waals surface area contributed by atoms with Crippen LogP contribution in [-0.4, -0.2) is 19.5 Å². The summed E-state index contributed by atoms with van der Waals surface area (Å²) in [5.41, 5.74) is 15.6. The minimum atomic E-state index is 0.558. The van der Waals surface area contributed by atoms with Gasteiger partial charge in [0.1, 0.15) is 16.7 Å². The SMILES string of the molecule is c1ccc(-c2ccc(-c3nc(-c4ccccc4)nc(-c4cccc5oc6cccc(-c7cccc8c7oc7c(-n9c%10ccccc%10c%10cc(-c%11ccccc%11)ccc%109)cccc78)c6c45)n3)cc2)cc1. The van der Waals surface area contributed by atoms with Crippen molar-refractivity contribution in [3.8, 4) is 73.2 Å². The van der Waals surface area contributed by atoms with Crippen LogP contribution in [0.5, 0.6) is 0 Å². The van der Waals surface area contributed by atoms with Crippen LogP contribution in [-0.2, 0) is 0 Å². The van der Waals surface area contributed by atoms with Crippen LogP contribution in [0.2, 0.25) is 0 Å². The van der Waals surface area contributed by atoms with Crippen LogP contribution in [0, 0.1) is 0 Å². The average molecular weight is 883 g/mol. The first-order chi connectivity index (χ1) is 34.2. The van der Waals surface area contributed by atoms with Gasteiger partial charge < -0.3 is 13.4 Å². The first kappa shape index (κ1) is 38.8. The maximum Gasteiger partial charge on any atom is 0.164 e. The van der Waals surface area contributed by atoms with Gasteiger partial charge in [0, 0.05) is 54.6 Å². The Morgan fingerprint density at radius 3 is 1.49 bits per heavy atom. The second-order valence-electron chi connectivity index (χ2n) is 17.5. The van der Waals surface area contributed by atoms with Gasteiger partial charge in [0.15, 0.2) is 23.1 Å². The zero-order valence-corrected chi connectivity index (χ0v) is 37.0. The van der Waals surface area contributed by atoms with Gasteiger partial charge in [0.2, 0.25) is 0 Å². The second kappa shape index (κ2) is 15.6. The van der Waals surface area contributed by atoms with Crippen molar-refractivity contribution in [2.24, 2.45) is 0 Å². The molecule has 0 bridgehead atoms. The molecular formula is C63H38N4O2.